The van der Waals surface area contributed by atoms with Crippen molar-refractivity contribution in [2.45, 2.75) is 13.0 Å². The number of rotatable bonds is 4. The van der Waals surface area contributed by atoms with E-state index in [-0.39, 0.29) is 6.10 Å². The molecule has 0 bridgehead atoms. The van der Waals surface area contributed by atoms with E-state index in [1.165, 1.54) is 5.56 Å². The molecule has 1 aromatic heterocycles. The lowest BCUT2D eigenvalue weighted by molar-refractivity contribution is 0.217. The highest BCUT2D eigenvalue weighted by molar-refractivity contribution is 7.10. The molecule has 0 amide bonds. The Labute approximate surface area is 110 Å². The summed E-state index contributed by atoms with van der Waals surface area (Å²) in [7, 11) is 0. The number of nitrogens with two attached hydrogens (primary N) is 1. The lowest BCUT2D eigenvalue weighted by atomic mass is 10.2. The third-order valence-corrected chi connectivity index (χ3v) is 3.80. The summed E-state index contributed by atoms with van der Waals surface area (Å²) in [5.41, 5.74) is 7.47. The Balaban J connectivity index is 2.27. The number of ether oxygens (including phenoxy) is 1. The maximum absolute atomic E-state index is 9.03. The highest BCUT2D eigenvalue weighted by atomic mass is 32.1. The molecular weight excluding hydrogens is 244 g/mol. The van der Waals surface area contributed by atoms with Gasteiger partial charge in [0.25, 0.3) is 0 Å². The van der Waals surface area contributed by atoms with Crippen LogP contribution < -0.4 is 10.5 Å². The van der Waals surface area contributed by atoms with Crippen molar-refractivity contribution in [1.29, 1.82) is 5.26 Å². The van der Waals surface area contributed by atoms with Gasteiger partial charge in [-0.2, -0.15) is 5.26 Å². The Morgan fingerprint density at radius 2 is 2.17 bits per heavy atom. The predicted octanol–water partition coefficient (Wildman–Crippen LogP) is 3.01. The van der Waals surface area contributed by atoms with Gasteiger partial charge in [-0.25, -0.2) is 0 Å². The first-order valence-corrected chi connectivity index (χ1v) is 6.54. The van der Waals surface area contributed by atoms with Crippen LogP contribution in [0.5, 0.6) is 5.75 Å². The standard InChI is InChI=1S/C14H14N2OS/c1-10-6-7-18-14(10)13(9-16)17-12-5-3-2-4-11(12)8-15/h2-7,13H,9,16H2,1H3. The molecular formula is C14H14N2OS. The van der Waals surface area contributed by atoms with E-state index in [1.54, 1.807) is 23.5 Å². The second kappa shape index (κ2) is 5.67. The molecule has 0 aliphatic heterocycles. The predicted molar refractivity (Wildman–Crippen MR) is 72.6 cm³/mol. The number of nitrogens with zero attached hydrogens (tertiary/aromatic N) is 1. The molecule has 18 heavy (non-hydrogen) atoms. The Hall–Kier alpha value is -1.83. The first kappa shape index (κ1) is 12.6. The average Bonchev–Trinajstić information content (AvgIpc) is 2.82. The molecule has 0 spiro atoms. The number of hydrogen-bond donors (Lipinski definition) is 1. The third kappa shape index (κ3) is 2.53. The van der Waals surface area contributed by atoms with Crippen molar-refractivity contribution in [2.75, 3.05) is 6.54 Å². The van der Waals surface area contributed by atoms with Crippen molar-refractivity contribution < 1.29 is 4.74 Å². The monoisotopic (exact) mass is 258 g/mol. The third-order valence-electron chi connectivity index (χ3n) is 2.68. The molecule has 0 radical (unpaired) electrons. The number of nitriles is 1. The number of aryl methyl sites for hydroxylation is 1. The highest BCUT2D eigenvalue weighted by Gasteiger charge is 2.16. The number of hydrogen-bond acceptors (Lipinski definition) is 4. The maximum Gasteiger partial charge on any atom is 0.145 e. The van der Waals surface area contributed by atoms with Crippen LogP contribution in [-0.4, -0.2) is 6.54 Å². The van der Waals surface area contributed by atoms with Gasteiger partial charge in [0.05, 0.1) is 5.56 Å². The Kier molecular flexibility index (Phi) is 3.98. The van der Waals surface area contributed by atoms with Gasteiger partial charge in [0, 0.05) is 11.4 Å². The van der Waals surface area contributed by atoms with E-state index in [2.05, 4.69) is 6.07 Å². The van der Waals surface area contributed by atoms with E-state index in [0.717, 1.165) is 4.88 Å². The summed E-state index contributed by atoms with van der Waals surface area (Å²) in [6.07, 6.45) is -0.195. The minimum atomic E-state index is -0.195. The maximum atomic E-state index is 9.03. The van der Waals surface area contributed by atoms with Crippen LogP contribution in [-0.2, 0) is 0 Å². The van der Waals surface area contributed by atoms with Crippen LogP contribution in [0.3, 0.4) is 0 Å². The molecule has 1 heterocycles. The molecule has 92 valence electrons. The first-order chi connectivity index (χ1) is 8.76. The molecule has 0 saturated carbocycles. The number of thiophene rings is 1. The summed E-state index contributed by atoms with van der Waals surface area (Å²) < 4.78 is 5.87. The zero-order valence-corrected chi connectivity index (χ0v) is 10.9. The van der Waals surface area contributed by atoms with Gasteiger partial charge in [-0.05, 0) is 36.1 Å². The quantitative estimate of drug-likeness (QED) is 0.917. The van der Waals surface area contributed by atoms with Crippen LogP contribution in [0, 0.1) is 18.3 Å². The van der Waals surface area contributed by atoms with Crippen molar-refractivity contribution in [3.8, 4) is 11.8 Å². The Bertz CT molecular complexity index is 571. The van der Waals surface area contributed by atoms with Crippen LogP contribution in [0.25, 0.3) is 0 Å². The fraction of sp³-hybridized carbons (Fsp3) is 0.214. The zero-order valence-electron chi connectivity index (χ0n) is 10.1. The van der Waals surface area contributed by atoms with E-state index < -0.39 is 0 Å². The molecule has 0 saturated heterocycles. The van der Waals surface area contributed by atoms with Crippen molar-refractivity contribution in [3.05, 3.63) is 51.7 Å². The fourth-order valence-corrected chi connectivity index (χ4v) is 2.71. The second-order valence-corrected chi connectivity index (χ2v) is 4.87. The summed E-state index contributed by atoms with van der Waals surface area (Å²) in [6, 6.07) is 11.4. The molecule has 1 unspecified atom stereocenters. The minimum Gasteiger partial charge on any atom is -0.482 e. The van der Waals surface area contributed by atoms with Gasteiger partial charge >= 0.3 is 0 Å². The first-order valence-electron chi connectivity index (χ1n) is 5.66. The molecule has 2 N–H and O–H groups in total. The number of para-hydroxylation sites is 1. The van der Waals surface area contributed by atoms with E-state index in [0.29, 0.717) is 17.9 Å². The van der Waals surface area contributed by atoms with Crippen LogP contribution >= 0.6 is 11.3 Å². The molecule has 1 aromatic carbocycles. The highest BCUT2D eigenvalue weighted by Crippen LogP contribution is 2.29. The fourth-order valence-electron chi connectivity index (χ4n) is 1.74. The second-order valence-electron chi connectivity index (χ2n) is 3.92. The molecule has 0 fully saturated rings. The lowest BCUT2D eigenvalue weighted by Crippen LogP contribution is -2.18. The van der Waals surface area contributed by atoms with Gasteiger partial charge < -0.3 is 10.5 Å². The molecule has 2 aromatic rings. The van der Waals surface area contributed by atoms with Crippen LogP contribution in [0.1, 0.15) is 22.1 Å². The van der Waals surface area contributed by atoms with Crippen molar-refractivity contribution in [2.24, 2.45) is 5.73 Å². The van der Waals surface area contributed by atoms with Gasteiger partial charge in [-0.15, -0.1) is 11.3 Å². The summed E-state index contributed by atoms with van der Waals surface area (Å²) in [5, 5.41) is 11.1. The minimum absolute atomic E-state index is 0.195. The van der Waals surface area contributed by atoms with Gasteiger partial charge in [-0.3, -0.25) is 0 Å². The molecule has 3 nitrogen and oxygen atoms in total. The van der Waals surface area contributed by atoms with Crippen molar-refractivity contribution >= 4 is 11.3 Å². The molecule has 1 atom stereocenters. The summed E-state index contributed by atoms with van der Waals surface area (Å²) in [4.78, 5) is 1.12. The summed E-state index contributed by atoms with van der Waals surface area (Å²) >= 11 is 1.63. The largest absolute Gasteiger partial charge is 0.482 e. The molecule has 0 aliphatic carbocycles. The Morgan fingerprint density at radius 3 is 2.78 bits per heavy atom. The van der Waals surface area contributed by atoms with Crippen LogP contribution in [0.4, 0.5) is 0 Å². The van der Waals surface area contributed by atoms with E-state index in [4.69, 9.17) is 15.7 Å². The lowest BCUT2D eigenvalue weighted by Gasteiger charge is -2.17. The molecule has 2 rings (SSSR count). The van der Waals surface area contributed by atoms with E-state index in [1.807, 2.05) is 30.5 Å². The summed E-state index contributed by atoms with van der Waals surface area (Å²) in [5.74, 6) is 0.586. The SMILES string of the molecule is Cc1ccsc1C(CN)Oc1ccccc1C#N. The normalized spacial score (nSPS) is 11.8. The van der Waals surface area contributed by atoms with Crippen molar-refractivity contribution in [1.82, 2.24) is 0 Å². The molecule has 4 heteroatoms. The van der Waals surface area contributed by atoms with E-state index >= 15 is 0 Å². The summed E-state index contributed by atoms with van der Waals surface area (Å²) in [6.45, 7) is 2.43. The average molecular weight is 258 g/mol. The Morgan fingerprint density at radius 1 is 1.39 bits per heavy atom. The van der Waals surface area contributed by atoms with Crippen LogP contribution in [0.15, 0.2) is 35.7 Å². The van der Waals surface area contributed by atoms with E-state index in [9.17, 15) is 0 Å². The smallest absolute Gasteiger partial charge is 0.145 e. The van der Waals surface area contributed by atoms with Gasteiger partial charge in [0.1, 0.15) is 17.9 Å². The molecule has 0 aliphatic rings. The zero-order chi connectivity index (χ0) is 13.0. The van der Waals surface area contributed by atoms with Gasteiger partial charge in [-0.1, -0.05) is 12.1 Å². The van der Waals surface area contributed by atoms with Gasteiger partial charge in [0.15, 0.2) is 0 Å². The number of benzene rings is 1. The van der Waals surface area contributed by atoms with Crippen LogP contribution in [0.2, 0.25) is 0 Å². The topological polar surface area (TPSA) is 59.0 Å². The van der Waals surface area contributed by atoms with Crippen molar-refractivity contribution in [3.63, 3.8) is 0 Å². The van der Waals surface area contributed by atoms with Gasteiger partial charge in [0.2, 0.25) is 0 Å².